The maximum atomic E-state index is 12.7. The summed E-state index contributed by atoms with van der Waals surface area (Å²) in [5.41, 5.74) is 0.382. The number of amides is 3. The molecule has 3 amide bonds. The zero-order valence-electron chi connectivity index (χ0n) is 15.2. The number of hydrogen-bond donors (Lipinski definition) is 2. The second-order valence-corrected chi connectivity index (χ2v) is 7.82. The molecule has 1 saturated carbocycles. The first-order valence-corrected chi connectivity index (χ1v) is 9.96. The van der Waals surface area contributed by atoms with Crippen LogP contribution in [-0.4, -0.2) is 65.8 Å². The van der Waals surface area contributed by atoms with Crippen LogP contribution in [0, 0.1) is 0 Å². The van der Waals surface area contributed by atoms with Crippen molar-refractivity contribution in [3.05, 3.63) is 24.3 Å². The van der Waals surface area contributed by atoms with Crippen molar-refractivity contribution >= 4 is 29.4 Å². The number of urea groups is 1. The SMILES string of the molecule is CC(C(=O)NC1CC1)N1CCN(C(=O)Nc2ccccc2SC(F)F)CC1. The molecule has 1 unspecified atom stereocenters. The highest BCUT2D eigenvalue weighted by Gasteiger charge is 2.31. The minimum Gasteiger partial charge on any atom is -0.352 e. The summed E-state index contributed by atoms with van der Waals surface area (Å²) in [6.45, 7) is 4.04. The van der Waals surface area contributed by atoms with Gasteiger partial charge in [0.1, 0.15) is 0 Å². The van der Waals surface area contributed by atoms with Gasteiger partial charge in [0.2, 0.25) is 5.91 Å². The van der Waals surface area contributed by atoms with Crippen LogP contribution in [0.15, 0.2) is 29.2 Å². The number of thioether (sulfide) groups is 1. The highest BCUT2D eigenvalue weighted by Crippen LogP contribution is 2.31. The van der Waals surface area contributed by atoms with E-state index in [1.54, 1.807) is 29.2 Å². The molecule has 1 saturated heterocycles. The standard InChI is InChI=1S/C18H24F2N4O2S/c1-12(16(25)21-13-6-7-13)23-8-10-24(11-9-23)18(26)22-14-4-2-3-5-15(14)27-17(19)20/h2-5,12-13,17H,6-11H2,1H3,(H,21,25)(H,22,26). The Hall–Kier alpha value is -1.87. The molecule has 3 rings (SSSR count). The molecule has 0 radical (unpaired) electrons. The van der Waals surface area contributed by atoms with Crippen LogP contribution in [-0.2, 0) is 4.79 Å². The Labute approximate surface area is 161 Å². The second-order valence-electron chi connectivity index (χ2n) is 6.79. The van der Waals surface area contributed by atoms with Crippen molar-refractivity contribution < 1.29 is 18.4 Å². The van der Waals surface area contributed by atoms with Crippen molar-refractivity contribution in [3.8, 4) is 0 Å². The molecule has 2 fully saturated rings. The summed E-state index contributed by atoms with van der Waals surface area (Å²) in [7, 11) is 0. The number of alkyl halides is 2. The van der Waals surface area contributed by atoms with Gasteiger partial charge in [-0.1, -0.05) is 23.9 Å². The zero-order valence-corrected chi connectivity index (χ0v) is 16.0. The van der Waals surface area contributed by atoms with E-state index in [9.17, 15) is 18.4 Å². The highest BCUT2D eigenvalue weighted by molar-refractivity contribution is 7.99. The number of nitrogens with zero attached hydrogens (tertiary/aromatic N) is 2. The number of halogens is 2. The third-order valence-corrected chi connectivity index (χ3v) is 5.59. The number of benzene rings is 1. The Bertz CT molecular complexity index is 679. The number of rotatable bonds is 6. The van der Waals surface area contributed by atoms with Crippen LogP contribution < -0.4 is 10.6 Å². The van der Waals surface area contributed by atoms with Crippen LogP contribution in [0.1, 0.15) is 19.8 Å². The molecule has 1 atom stereocenters. The largest absolute Gasteiger partial charge is 0.352 e. The first-order chi connectivity index (χ1) is 12.9. The highest BCUT2D eigenvalue weighted by atomic mass is 32.2. The van der Waals surface area contributed by atoms with Gasteiger partial charge in [-0.3, -0.25) is 9.69 Å². The lowest BCUT2D eigenvalue weighted by Gasteiger charge is -2.37. The maximum Gasteiger partial charge on any atom is 0.321 e. The summed E-state index contributed by atoms with van der Waals surface area (Å²) in [5.74, 6) is -2.51. The van der Waals surface area contributed by atoms with Crippen LogP contribution in [0.2, 0.25) is 0 Å². The van der Waals surface area contributed by atoms with Crippen molar-refractivity contribution in [2.75, 3.05) is 31.5 Å². The van der Waals surface area contributed by atoms with Crippen molar-refractivity contribution in [2.45, 2.75) is 42.5 Å². The van der Waals surface area contributed by atoms with Gasteiger partial charge in [-0.15, -0.1) is 0 Å². The van der Waals surface area contributed by atoms with Gasteiger partial charge in [0.05, 0.1) is 11.7 Å². The predicted molar refractivity (Wildman–Crippen MR) is 101 cm³/mol. The number of carbonyl (C=O) groups is 2. The molecule has 6 nitrogen and oxygen atoms in total. The first-order valence-electron chi connectivity index (χ1n) is 9.08. The monoisotopic (exact) mass is 398 g/mol. The third-order valence-electron chi connectivity index (χ3n) is 4.80. The first kappa shape index (κ1) is 19.9. The molecule has 0 aromatic heterocycles. The number of nitrogens with one attached hydrogen (secondary N) is 2. The fraction of sp³-hybridized carbons (Fsp3) is 0.556. The lowest BCUT2D eigenvalue weighted by molar-refractivity contribution is -0.126. The molecule has 148 valence electrons. The summed E-state index contributed by atoms with van der Waals surface area (Å²) >= 11 is 0.412. The van der Waals surface area contributed by atoms with E-state index in [0.717, 1.165) is 12.8 Å². The van der Waals surface area contributed by atoms with Crippen LogP contribution in [0.25, 0.3) is 0 Å². The summed E-state index contributed by atoms with van der Waals surface area (Å²) in [6.07, 6.45) is 2.11. The number of anilines is 1. The number of piperazine rings is 1. The van der Waals surface area contributed by atoms with Crippen LogP contribution in [0.4, 0.5) is 19.3 Å². The third kappa shape index (κ3) is 5.55. The van der Waals surface area contributed by atoms with E-state index in [0.29, 0.717) is 54.6 Å². The van der Waals surface area contributed by atoms with E-state index in [2.05, 4.69) is 15.5 Å². The van der Waals surface area contributed by atoms with Gasteiger partial charge in [-0.2, -0.15) is 8.78 Å². The molecule has 1 aliphatic carbocycles. The van der Waals surface area contributed by atoms with E-state index in [1.165, 1.54) is 0 Å². The van der Waals surface area contributed by atoms with Gasteiger partial charge in [-0.25, -0.2) is 4.79 Å². The van der Waals surface area contributed by atoms with Crippen LogP contribution in [0.5, 0.6) is 0 Å². The van der Waals surface area contributed by atoms with Crippen LogP contribution in [0.3, 0.4) is 0 Å². The lowest BCUT2D eigenvalue weighted by atomic mass is 10.2. The Morgan fingerprint density at radius 2 is 1.81 bits per heavy atom. The molecular weight excluding hydrogens is 374 g/mol. The van der Waals surface area contributed by atoms with Gasteiger partial charge >= 0.3 is 6.03 Å². The lowest BCUT2D eigenvalue weighted by Crippen LogP contribution is -2.55. The normalized spacial score (nSPS) is 19.0. The minimum atomic E-state index is -2.55. The molecular formula is C18H24F2N4O2S. The van der Waals surface area contributed by atoms with Crippen molar-refractivity contribution in [2.24, 2.45) is 0 Å². The Balaban J connectivity index is 1.50. The van der Waals surface area contributed by atoms with Gasteiger partial charge in [-0.05, 0) is 31.9 Å². The Morgan fingerprint density at radius 3 is 2.44 bits per heavy atom. The number of hydrogen-bond acceptors (Lipinski definition) is 4. The smallest absolute Gasteiger partial charge is 0.321 e. The molecule has 0 bridgehead atoms. The van der Waals surface area contributed by atoms with Crippen molar-refractivity contribution in [1.82, 2.24) is 15.1 Å². The summed E-state index contributed by atoms with van der Waals surface area (Å²) < 4.78 is 25.3. The predicted octanol–water partition coefficient (Wildman–Crippen LogP) is 2.82. The fourth-order valence-electron chi connectivity index (χ4n) is 2.99. The van der Waals surface area contributed by atoms with Gasteiger partial charge in [0.15, 0.2) is 0 Å². The average Bonchev–Trinajstić information content (AvgIpc) is 3.46. The fourth-order valence-corrected chi connectivity index (χ4v) is 3.59. The van der Waals surface area contributed by atoms with E-state index >= 15 is 0 Å². The summed E-state index contributed by atoms with van der Waals surface area (Å²) in [5, 5.41) is 5.72. The molecule has 2 N–H and O–H groups in total. The van der Waals surface area contributed by atoms with E-state index < -0.39 is 5.76 Å². The average molecular weight is 398 g/mol. The van der Waals surface area contributed by atoms with E-state index in [-0.39, 0.29) is 18.0 Å². The Kier molecular flexibility index (Phi) is 6.54. The maximum absolute atomic E-state index is 12.7. The van der Waals surface area contributed by atoms with E-state index in [4.69, 9.17) is 0 Å². The zero-order chi connectivity index (χ0) is 19.4. The minimum absolute atomic E-state index is 0.0355. The molecule has 1 aromatic rings. The van der Waals surface area contributed by atoms with Crippen molar-refractivity contribution in [3.63, 3.8) is 0 Å². The second kappa shape index (κ2) is 8.88. The van der Waals surface area contributed by atoms with Crippen LogP contribution >= 0.6 is 11.8 Å². The molecule has 0 spiro atoms. The van der Waals surface area contributed by atoms with E-state index in [1.807, 2.05) is 6.92 Å². The van der Waals surface area contributed by atoms with Gasteiger partial charge in [0, 0.05) is 37.1 Å². The molecule has 1 aromatic carbocycles. The molecule has 2 aliphatic rings. The quantitative estimate of drug-likeness (QED) is 0.724. The van der Waals surface area contributed by atoms with Gasteiger partial charge < -0.3 is 15.5 Å². The molecule has 1 aliphatic heterocycles. The van der Waals surface area contributed by atoms with Crippen molar-refractivity contribution in [1.29, 1.82) is 0 Å². The summed E-state index contributed by atoms with van der Waals surface area (Å²) in [6, 6.07) is 6.33. The van der Waals surface area contributed by atoms with Gasteiger partial charge in [0.25, 0.3) is 5.76 Å². The molecule has 9 heteroatoms. The topological polar surface area (TPSA) is 64.7 Å². The number of para-hydroxylation sites is 1. The number of carbonyl (C=O) groups excluding carboxylic acids is 2. The summed E-state index contributed by atoms with van der Waals surface area (Å²) in [4.78, 5) is 28.7. The molecule has 1 heterocycles. The Morgan fingerprint density at radius 1 is 1.15 bits per heavy atom. The molecule has 27 heavy (non-hydrogen) atoms.